The van der Waals surface area contributed by atoms with Gasteiger partial charge in [-0.05, 0) is 12.3 Å². The number of carbonyl (C=O) groups is 2. The summed E-state index contributed by atoms with van der Waals surface area (Å²) in [6.07, 6.45) is -4.53. The van der Waals surface area contributed by atoms with Crippen LogP contribution in [0.5, 0.6) is 0 Å². The summed E-state index contributed by atoms with van der Waals surface area (Å²) >= 11 is 0. The van der Waals surface area contributed by atoms with E-state index in [4.69, 9.17) is 35.8 Å². The lowest BCUT2D eigenvalue weighted by molar-refractivity contribution is -0.192. The van der Waals surface area contributed by atoms with E-state index in [1.54, 1.807) is 0 Å². The summed E-state index contributed by atoms with van der Waals surface area (Å²) in [7, 11) is -2.17. The van der Waals surface area contributed by atoms with Gasteiger partial charge < -0.3 is 31.0 Å². The van der Waals surface area contributed by atoms with E-state index in [0.717, 1.165) is 0 Å². The van der Waals surface area contributed by atoms with Gasteiger partial charge in [0.2, 0.25) is 0 Å². The van der Waals surface area contributed by atoms with Gasteiger partial charge in [0, 0.05) is 0 Å². The van der Waals surface area contributed by atoms with Gasteiger partial charge in [-0.15, -0.1) is 0 Å². The minimum absolute atomic E-state index is 0.357. The van der Waals surface area contributed by atoms with Crippen LogP contribution in [-0.2, 0) is 9.59 Å². The lowest BCUT2D eigenvalue weighted by atomic mass is 10.1. The van der Waals surface area contributed by atoms with Gasteiger partial charge in [-0.25, -0.2) is 4.79 Å². The maximum atomic E-state index is 10.6. The first-order valence-corrected chi connectivity index (χ1v) is 5.04. The van der Waals surface area contributed by atoms with Crippen molar-refractivity contribution < 1.29 is 48.0 Å². The maximum Gasteiger partial charge on any atom is 0.631 e. The normalized spacial score (nSPS) is 11.5. The molecular formula is C8H17BF3NO7. The molecule has 0 aromatic rings. The summed E-state index contributed by atoms with van der Waals surface area (Å²) in [4.78, 5) is 19.0. The zero-order chi connectivity index (χ0) is 17.1. The van der Waals surface area contributed by atoms with E-state index in [9.17, 15) is 18.0 Å². The second-order valence-electron chi connectivity index (χ2n) is 3.72. The number of halogens is 3. The molecule has 0 aromatic carbocycles. The molecule has 0 unspecified atom stereocenters. The molecule has 0 radical (unpaired) electrons. The molecule has 0 heterocycles. The van der Waals surface area contributed by atoms with Gasteiger partial charge in [0.25, 0.3) is 0 Å². The number of rotatable bonds is 3. The van der Waals surface area contributed by atoms with E-state index in [-0.39, 0.29) is 0 Å². The summed E-state index contributed by atoms with van der Waals surface area (Å²) in [5.74, 6) is -3.31. The average molecular weight is 307 g/mol. The van der Waals surface area contributed by atoms with Crippen molar-refractivity contribution in [3.05, 3.63) is 0 Å². The standard InChI is InChI=1S/C6H13NO2.C2HF3O2.BH3O3/c1-4(2)3-5(7)6(8)9;3-2(4,5)1(6)7;2-1(3)4/h4-5H,3,7H2,1-2H3,(H,8,9);(H,6,7);2-4H/t5-;;/m0../s1. The van der Waals surface area contributed by atoms with Crippen LogP contribution in [0.2, 0.25) is 0 Å². The largest absolute Gasteiger partial charge is 0.631 e. The van der Waals surface area contributed by atoms with Crippen LogP contribution in [0.3, 0.4) is 0 Å². The molecule has 0 aromatic heterocycles. The summed E-state index contributed by atoms with van der Waals surface area (Å²) in [5, 5.41) is 36.9. The number of alkyl halides is 3. The fourth-order valence-electron chi connectivity index (χ4n) is 0.609. The van der Waals surface area contributed by atoms with Crippen LogP contribution in [-0.4, -0.2) is 56.8 Å². The first-order valence-electron chi connectivity index (χ1n) is 5.04. The molecule has 0 fully saturated rings. The highest BCUT2D eigenvalue weighted by Gasteiger charge is 2.38. The number of carboxylic acids is 2. The van der Waals surface area contributed by atoms with E-state index in [0.29, 0.717) is 12.3 Å². The fourth-order valence-corrected chi connectivity index (χ4v) is 0.609. The molecule has 0 rings (SSSR count). The van der Waals surface area contributed by atoms with Crippen molar-refractivity contribution in [1.29, 1.82) is 0 Å². The fraction of sp³-hybridized carbons (Fsp3) is 0.750. The van der Waals surface area contributed by atoms with Crippen molar-refractivity contribution in [3.8, 4) is 0 Å². The quantitative estimate of drug-likeness (QED) is 0.363. The Kier molecular flexibility index (Phi) is 13.6. The monoisotopic (exact) mass is 307 g/mol. The number of hydrogen-bond donors (Lipinski definition) is 6. The van der Waals surface area contributed by atoms with Crippen molar-refractivity contribution in [1.82, 2.24) is 0 Å². The third-order valence-electron chi connectivity index (χ3n) is 1.29. The lowest BCUT2D eigenvalue weighted by Gasteiger charge is -2.07. The Hall–Kier alpha value is -1.37. The molecule has 0 saturated carbocycles. The topological polar surface area (TPSA) is 161 Å². The van der Waals surface area contributed by atoms with Gasteiger partial charge in [-0.3, -0.25) is 4.79 Å². The highest BCUT2D eigenvalue weighted by molar-refractivity contribution is 6.30. The van der Waals surface area contributed by atoms with Gasteiger partial charge in [0.15, 0.2) is 0 Å². The van der Waals surface area contributed by atoms with Gasteiger partial charge in [0.05, 0.1) is 0 Å². The Bertz CT molecular complexity index is 283. The number of aliphatic carboxylic acids is 2. The Morgan fingerprint density at radius 2 is 1.40 bits per heavy atom. The second-order valence-corrected chi connectivity index (χ2v) is 3.72. The molecule has 0 spiro atoms. The van der Waals surface area contributed by atoms with Crippen LogP contribution in [0, 0.1) is 5.92 Å². The van der Waals surface area contributed by atoms with Gasteiger partial charge in [-0.1, -0.05) is 13.8 Å². The van der Waals surface area contributed by atoms with Crippen molar-refractivity contribution >= 4 is 19.3 Å². The summed E-state index contributed by atoms with van der Waals surface area (Å²) in [6, 6.07) is -0.690. The van der Waals surface area contributed by atoms with E-state index < -0.39 is 31.5 Å². The molecule has 7 N–H and O–H groups in total. The smallest absolute Gasteiger partial charge is 0.480 e. The number of hydrogen-bond acceptors (Lipinski definition) is 6. The third-order valence-corrected chi connectivity index (χ3v) is 1.29. The predicted octanol–water partition coefficient (Wildman–Crippen LogP) is -0.974. The molecule has 8 nitrogen and oxygen atoms in total. The summed E-state index contributed by atoms with van der Waals surface area (Å²) in [5.41, 5.74) is 5.22. The van der Waals surface area contributed by atoms with Crippen LogP contribution in [0.15, 0.2) is 0 Å². The van der Waals surface area contributed by atoms with Crippen LogP contribution >= 0.6 is 0 Å². The molecule has 0 amide bonds. The Balaban J connectivity index is -0.000000234. The highest BCUT2D eigenvalue weighted by Crippen LogP contribution is 2.13. The molecular weight excluding hydrogens is 290 g/mol. The minimum atomic E-state index is -5.08. The third kappa shape index (κ3) is 25.5. The minimum Gasteiger partial charge on any atom is -0.480 e. The molecule has 0 aliphatic carbocycles. The first-order chi connectivity index (χ1) is 8.71. The number of carboxylic acid groups (broad SMARTS) is 2. The number of nitrogens with two attached hydrogens (primary N) is 1. The van der Waals surface area contributed by atoms with Crippen molar-refractivity contribution in [2.75, 3.05) is 0 Å². The van der Waals surface area contributed by atoms with Crippen LogP contribution in [0.25, 0.3) is 0 Å². The Morgan fingerprint density at radius 1 is 1.15 bits per heavy atom. The zero-order valence-electron chi connectivity index (χ0n) is 10.7. The summed E-state index contributed by atoms with van der Waals surface area (Å²) in [6.45, 7) is 3.89. The predicted molar refractivity (Wildman–Crippen MR) is 61.2 cm³/mol. The van der Waals surface area contributed by atoms with Crippen LogP contribution < -0.4 is 5.73 Å². The Labute approximate surface area is 112 Å². The summed E-state index contributed by atoms with van der Waals surface area (Å²) < 4.78 is 31.7. The maximum absolute atomic E-state index is 10.6. The average Bonchev–Trinajstić information content (AvgIpc) is 2.14. The zero-order valence-corrected chi connectivity index (χ0v) is 10.7. The van der Waals surface area contributed by atoms with Crippen molar-refractivity contribution in [2.24, 2.45) is 11.7 Å². The molecule has 20 heavy (non-hydrogen) atoms. The second kappa shape index (κ2) is 11.5. The molecule has 0 aliphatic heterocycles. The van der Waals surface area contributed by atoms with E-state index in [1.807, 2.05) is 13.8 Å². The lowest BCUT2D eigenvalue weighted by Crippen LogP contribution is -2.31. The SMILES string of the molecule is CC(C)C[C@H](N)C(=O)O.O=C(O)C(F)(F)F.OB(O)O. The van der Waals surface area contributed by atoms with E-state index >= 15 is 0 Å². The van der Waals surface area contributed by atoms with Crippen LogP contribution in [0.4, 0.5) is 13.2 Å². The van der Waals surface area contributed by atoms with Gasteiger partial charge in [-0.2, -0.15) is 13.2 Å². The van der Waals surface area contributed by atoms with Crippen molar-refractivity contribution in [3.63, 3.8) is 0 Å². The first kappa shape index (κ1) is 23.7. The highest BCUT2D eigenvalue weighted by atomic mass is 19.4. The van der Waals surface area contributed by atoms with E-state index in [2.05, 4.69) is 0 Å². The Morgan fingerprint density at radius 3 is 1.45 bits per heavy atom. The molecule has 0 aliphatic rings. The molecule has 12 heteroatoms. The molecule has 1 atom stereocenters. The molecule has 0 bridgehead atoms. The molecule has 120 valence electrons. The van der Waals surface area contributed by atoms with Gasteiger partial charge in [0.1, 0.15) is 6.04 Å². The van der Waals surface area contributed by atoms with Crippen LogP contribution in [0.1, 0.15) is 20.3 Å². The van der Waals surface area contributed by atoms with Crippen molar-refractivity contribution in [2.45, 2.75) is 32.5 Å². The molecule has 0 saturated heterocycles. The van der Waals surface area contributed by atoms with Gasteiger partial charge >= 0.3 is 25.4 Å². The van der Waals surface area contributed by atoms with E-state index in [1.165, 1.54) is 0 Å².